The zero-order valence-electron chi connectivity index (χ0n) is 17.6. The molecule has 1 aliphatic rings. The maximum absolute atomic E-state index is 13.5. The maximum Gasteiger partial charge on any atom is 0.264 e. The smallest absolute Gasteiger partial charge is 0.264 e. The summed E-state index contributed by atoms with van der Waals surface area (Å²) >= 11 is 0. The number of halogens is 2. The Bertz CT molecular complexity index is 1200. The van der Waals surface area contributed by atoms with Gasteiger partial charge in [0.1, 0.15) is 11.6 Å². The normalized spacial score (nSPS) is 16.2. The van der Waals surface area contributed by atoms with E-state index in [2.05, 4.69) is 20.9 Å². The van der Waals surface area contributed by atoms with Crippen molar-refractivity contribution >= 4 is 23.2 Å². The number of carbonyl (C=O) groups is 1. The van der Waals surface area contributed by atoms with Crippen LogP contribution in [0.1, 0.15) is 16.7 Å². The molecule has 1 aliphatic heterocycles. The molecule has 0 fully saturated rings. The van der Waals surface area contributed by atoms with Gasteiger partial charge in [0.05, 0.1) is 11.4 Å². The van der Waals surface area contributed by atoms with Crippen molar-refractivity contribution in [2.24, 2.45) is 4.99 Å². The molecule has 2 atom stereocenters. The summed E-state index contributed by atoms with van der Waals surface area (Å²) in [6, 6.07) is 18.3. The van der Waals surface area contributed by atoms with E-state index in [9.17, 15) is 13.6 Å². The average molecular weight is 449 g/mol. The number of rotatable bonds is 6. The number of benzene rings is 3. The lowest BCUT2D eigenvalue weighted by Crippen LogP contribution is -2.52. The molecule has 2 unspecified atom stereocenters. The number of hydrogen-bond donors (Lipinski definition) is 4. The van der Waals surface area contributed by atoms with Crippen molar-refractivity contribution in [1.82, 2.24) is 10.6 Å². The van der Waals surface area contributed by atoms with E-state index in [0.717, 1.165) is 0 Å². The van der Waals surface area contributed by atoms with Gasteiger partial charge in [0.25, 0.3) is 5.91 Å². The number of nitrogens with zero attached hydrogens (tertiary/aromatic N) is 1. The minimum atomic E-state index is -1.09. The van der Waals surface area contributed by atoms with E-state index < -0.39 is 24.2 Å². The lowest BCUT2D eigenvalue weighted by Gasteiger charge is -2.23. The molecule has 0 radical (unpaired) electrons. The van der Waals surface area contributed by atoms with Crippen molar-refractivity contribution in [3.05, 3.63) is 101 Å². The van der Waals surface area contributed by atoms with E-state index >= 15 is 0 Å². The second-order valence-corrected chi connectivity index (χ2v) is 7.21. The van der Waals surface area contributed by atoms with Gasteiger partial charge in [-0.1, -0.05) is 18.2 Å². The van der Waals surface area contributed by atoms with Crippen LogP contribution in [0.5, 0.6) is 0 Å². The fourth-order valence-electron chi connectivity index (χ4n) is 3.31. The predicted molar refractivity (Wildman–Crippen MR) is 121 cm³/mol. The molecule has 1 amide bonds. The third-order valence-corrected chi connectivity index (χ3v) is 4.98. The van der Waals surface area contributed by atoms with E-state index in [1.54, 1.807) is 31.3 Å². The summed E-state index contributed by atoms with van der Waals surface area (Å²) in [5.74, 6) is -1.46. The van der Waals surface area contributed by atoms with Crippen molar-refractivity contribution in [1.29, 1.82) is 5.41 Å². The number of para-hydroxylation sites is 1. The zero-order valence-corrected chi connectivity index (χ0v) is 17.6. The number of nitrogens with one attached hydrogen (secondary N) is 4. The fourth-order valence-corrected chi connectivity index (χ4v) is 3.31. The Morgan fingerprint density at radius 1 is 1.03 bits per heavy atom. The molecule has 9 heteroatoms. The molecular weight excluding hydrogens is 428 g/mol. The van der Waals surface area contributed by atoms with E-state index in [1.165, 1.54) is 36.4 Å². The van der Waals surface area contributed by atoms with Gasteiger partial charge in [-0.3, -0.25) is 20.5 Å². The van der Waals surface area contributed by atoms with Crippen LogP contribution in [0.2, 0.25) is 0 Å². The first-order valence-electron chi connectivity index (χ1n) is 10.1. The van der Waals surface area contributed by atoms with Gasteiger partial charge in [-0.05, 0) is 61.6 Å². The molecule has 0 spiro atoms. The van der Waals surface area contributed by atoms with E-state index in [4.69, 9.17) is 10.1 Å². The van der Waals surface area contributed by atoms with E-state index in [0.29, 0.717) is 28.1 Å². The Morgan fingerprint density at radius 2 is 1.67 bits per heavy atom. The van der Waals surface area contributed by atoms with Gasteiger partial charge in [-0.2, -0.15) is 0 Å². The largest absolute Gasteiger partial charge is 0.445 e. The maximum atomic E-state index is 13.5. The minimum Gasteiger partial charge on any atom is -0.445 e. The molecule has 4 N–H and O–H groups in total. The first-order chi connectivity index (χ1) is 15.9. The number of hydrogen-bond acceptors (Lipinski definition) is 6. The summed E-state index contributed by atoms with van der Waals surface area (Å²) in [4.78, 5) is 17.5. The number of benzodiazepines with no additional fused rings is 1. The van der Waals surface area contributed by atoms with E-state index in [1.807, 2.05) is 12.1 Å². The number of carbonyl (C=O) groups excluding carboxylic acids is 1. The highest BCUT2D eigenvalue weighted by Gasteiger charge is 2.28. The highest BCUT2D eigenvalue weighted by Crippen LogP contribution is 2.24. The van der Waals surface area contributed by atoms with Crippen molar-refractivity contribution in [2.75, 3.05) is 12.4 Å². The van der Waals surface area contributed by atoms with Gasteiger partial charge in [-0.15, -0.1) is 0 Å². The Kier molecular flexibility index (Phi) is 6.53. The van der Waals surface area contributed by atoms with Crippen molar-refractivity contribution in [3.63, 3.8) is 0 Å². The van der Waals surface area contributed by atoms with Crippen molar-refractivity contribution < 1.29 is 18.3 Å². The molecule has 33 heavy (non-hydrogen) atoms. The number of aliphatic imine (C=N–C) groups is 1. The number of fused-ring (bicyclic) bond motifs is 1. The number of ether oxygens (including phenoxy) is 1. The summed E-state index contributed by atoms with van der Waals surface area (Å²) in [6.07, 6.45) is -2.05. The molecule has 0 aliphatic carbocycles. The van der Waals surface area contributed by atoms with Crippen LogP contribution in [0.15, 0.2) is 77.8 Å². The van der Waals surface area contributed by atoms with Crippen LogP contribution in [0.3, 0.4) is 0 Å². The monoisotopic (exact) mass is 449 g/mol. The van der Waals surface area contributed by atoms with Gasteiger partial charge in [0.15, 0.2) is 6.17 Å². The Hall–Kier alpha value is -3.95. The van der Waals surface area contributed by atoms with Crippen LogP contribution in [0.4, 0.5) is 14.5 Å². The molecule has 7 nitrogen and oxygen atoms in total. The molecular formula is C24H21F2N5O2. The second-order valence-electron chi connectivity index (χ2n) is 7.21. The third-order valence-electron chi connectivity index (χ3n) is 4.98. The van der Waals surface area contributed by atoms with Gasteiger partial charge in [-0.25, -0.2) is 14.1 Å². The molecule has 0 saturated carbocycles. The van der Waals surface area contributed by atoms with Crippen molar-refractivity contribution in [2.45, 2.75) is 12.5 Å². The van der Waals surface area contributed by atoms with Crippen LogP contribution in [0, 0.1) is 17.0 Å². The SMILES string of the molecule is CNC(NC1N=C(c2ccc(F)cc2)c2ccccc2NC1=O)OC(=N)c1ccc(F)cc1. The van der Waals surface area contributed by atoms with Crippen LogP contribution in [-0.2, 0) is 9.53 Å². The predicted octanol–water partition coefficient (Wildman–Crippen LogP) is 3.22. The molecule has 0 aromatic heterocycles. The molecule has 0 bridgehead atoms. The first kappa shape index (κ1) is 22.3. The minimum absolute atomic E-state index is 0.220. The third kappa shape index (κ3) is 5.11. The van der Waals surface area contributed by atoms with Crippen molar-refractivity contribution in [3.8, 4) is 0 Å². The Morgan fingerprint density at radius 3 is 2.33 bits per heavy atom. The summed E-state index contributed by atoms with van der Waals surface area (Å²) < 4.78 is 32.2. The van der Waals surface area contributed by atoms with Gasteiger partial charge >= 0.3 is 0 Å². The summed E-state index contributed by atoms with van der Waals surface area (Å²) in [6.45, 7) is 0. The fraction of sp³-hybridized carbons (Fsp3) is 0.125. The highest BCUT2D eigenvalue weighted by molar-refractivity contribution is 6.19. The topological polar surface area (TPSA) is 98.6 Å². The number of anilines is 1. The lowest BCUT2D eigenvalue weighted by atomic mass is 10.0. The Labute approximate surface area is 189 Å². The van der Waals surface area contributed by atoms with Gasteiger partial charge in [0, 0.05) is 16.7 Å². The molecule has 168 valence electrons. The molecule has 1 heterocycles. The van der Waals surface area contributed by atoms with Crippen LogP contribution in [-0.4, -0.2) is 37.1 Å². The molecule has 3 aromatic carbocycles. The Balaban J connectivity index is 1.62. The summed E-state index contributed by atoms with van der Waals surface area (Å²) in [5.41, 5.74) is 2.74. The average Bonchev–Trinajstić information content (AvgIpc) is 2.95. The summed E-state index contributed by atoms with van der Waals surface area (Å²) in [5, 5.41) is 16.8. The first-order valence-corrected chi connectivity index (χ1v) is 10.1. The second kappa shape index (κ2) is 9.68. The molecule has 3 aromatic rings. The van der Waals surface area contributed by atoms with E-state index in [-0.39, 0.29) is 11.7 Å². The quantitative estimate of drug-likeness (QED) is 0.264. The van der Waals surface area contributed by atoms with Gasteiger partial charge < -0.3 is 10.1 Å². The van der Waals surface area contributed by atoms with Crippen LogP contribution in [0.25, 0.3) is 0 Å². The van der Waals surface area contributed by atoms with Gasteiger partial charge in [0.2, 0.25) is 12.2 Å². The highest BCUT2D eigenvalue weighted by atomic mass is 19.1. The standard InChI is InChI=1S/C24H21F2N5O2/c1-28-24(33-21(27)15-8-12-17(26)13-9-15)31-22-23(32)29-19-5-3-2-4-18(19)20(30-22)14-6-10-16(25)11-7-14/h2-13,22,24,27-28,31H,1H3,(H,29,32). The lowest BCUT2D eigenvalue weighted by molar-refractivity contribution is -0.118. The molecule has 0 saturated heterocycles. The van der Waals surface area contributed by atoms with Crippen LogP contribution < -0.4 is 16.0 Å². The zero-order chi connectivity index (χ0) is 23.4. The van der Waals surface area contributed by atoms with Crippen LogP contribution >= 0.6 is 0 Å². The summed E-state index contributed by atoms with van der Waals surface area (Å²) in [7, 11) is 1.59. The number of amides is 1. The molecule has 4 rings (SSSR count).